The van der Waals surface area contributed by atoms with Crippen molar-refractivity contribution in [3.63, 3.8) is 0 Å². The Kier molecular flexibility index (Phi) is 4.74. The fourth-order valence-electron chi connectivity index (χ4n) is 1.37. The minimum atomic E-state index is -4.74. The van der Waals surface area contributed by atoms with Crippen LogP contribution in [0.1, 0.15) is 17.5 Å². The highest BCUT2D eigenvalue weighted by molar-refractivity contribution is 5.55. The van der Waals surface area contributed by atoms with Gasteiger partial charge in [-0.15, -0.1) is 0 Å². The summed E-state index contributed by atoms with van der Waals surface area (Å²) >= 11 is 0. The Balaban J connectivity index is 2.95. The van der Waals surface area contributed by atoms with E-state index in [9.17, 15) is 17.6 Å². The van der Waals surface area contributed by atoms with Gasteiger partial charge >= 0.3 is 6.18 Å². The molecule has 0 saturated carbocycles. The average molecular weight is 259 g/mol. The molecule has 0 amide bonds. The van der Waals surface area contributed by atoms with Gasteiger partial charge in [-0.2, -0.15) is 13.2 Å². The second kappa shape index (κ2) is 6.07. The maximum Gasteiger partial charge on any atom is 0.419 e. The van der Waals surface area contributed by atoms with Crippen LogP contribution in [0.25, 0.3) is 16.5 Å². The maximum absolute atomic E-state index is 13.2. The van der Waals surface area contributed by atoms with Gasteiger partial charge in [-0.3, -0.25) is 0 Å². The Morgan fingerprint density at radius 2 is 2.06 bits per heavy atom. The number of rotatable bonds is 4. The highest BCUT2D eigenvalue weighted by Gasteiger charge is 2.35. The minimum absolute atomic E-state index is 0.143. The van der Waals surface area contributed by atoms with Crippen LogP contribution in [0.5, 0.6) is 0 Å². The maximum atomic E-state index is 13.2. The van der Waals surface area contributed by atoms with Gasteiger partial charge in [0.15, 0.2) is 0 Å². The topological polar surface area (TPSA) is 48.8 Å². The van der Waals surface area contributed by atoms with Crippen molar-refractivity contribution in [1.29, 1.82) is 0 Å². The second-order valence-corrected chi connectivity index (χ2v) is 3.35. The largest absolute Gasteiger partial charge is 0.419 e. The zero-order chi connectivity index (χ0) is 13.6. The smallest absolute Gasteiger partial charge is 0.206 e. The van der Waals surface area contributed by atoms with E-state index in [1.165, 1.54) is 24.3 Å². The third kappa shape index (κ3) is 3.78. The molecule has 18 heavy (non-hydrogen) atoms. The fraction of sp³-hybridized carbons (Fsp3) is 0.273. The SMILES string of the molecule is [N-]=[N+]=NCCC=Cc1cccc(F)c1C(F)(F)F. The molecule has 0 aromatic heterocycles. The molecule has 96 valence electrons. The molecule has 0 heterocycles. The standard InChI is InChI=1S/C11H9F4N3/c12-9-6-3-5-8(10(9)11(13,14)15)4-1-2-7-17-18-16/h1,3-6H,2,7H2. The van der Waals surface area contributed by atoms with Crippen LogP contribution < -0.4 is 0 Å². The van der Waals surface area contributed by atoms with Crippen molar-refractivity contribution in [1.82, 2.24) is 0 Å². The molecule has 7 heteroatoms. The van der Waals surface area contributed by atoms with Crippen molar-refractivity contribution in [2.45, 2.75) is 12.6 Å². The number of alkyl halides is 3. The Hall–Kier alpha value is -2.01. The summed E-state index contributed by atoms with van der Waals surface area (Å²) in [7, 11) is 0. The summed E-state index contributed by atoms with van der Waals surface area (Å²) in [6.45, 7) is 0.143. The molecule has 0 radical (unpaired) electrons. The van der Waals surface area contributed by atoms with Crippen LogP contribution >= 0.6 is 0 Å². The lowest BCUT2D eigenvalue weighted by atomic mass is 10.1. The first kappa shape index (κ1) is 14.1. The molecule has 0 atom stereocenters. The van der Waals surface area contributed by atoms with Gasteiger partial charge in [-0.05, 0) is 23.6 Å². The van der Waals surface area contributed by atoms with Crippen LogP contribution in [0.15, 0.2) is 29.4 Å². The molecule has 1 aromatic carbocycles. The van der Waals surface area contributed by atoms with E-state index < -0.39 is 17.6 Å². The van der Waals surface area contributed by atoms with Crippen molar-refractivity contribution in [2.24, 2.45) is 5.11 Å². The summed E-state index contributed by atoms with van der Waals surface area (Å²) in [4.78, 5) is 2.50. The molecule has 0 saturated heterocycles. The quantitative estimate of drug-likeness (QED) is 0.250. The molecular weight excluding hydrogens is 250 g/mol. The third-order valence-electron chi connectivity index (χ3n) is 2.09. The minimum Gasteiger partial charge on any atom is -0.206 e. The summed E-state index contributed by atoms with van der Waals surface area (Å²) in [5.74, 6) is -1.31. The number of nitrogens with zero attached hydrogens (tertiary/aromatic N) is 3. The van der Waals surface area contributed by atoms with Crippen molar-refractivity contribution in [3.8, 4) is 0 Å². The zero-order valence-corrected chi connectivity index (χ0v) is 9.15. The number of hydrogen-bond acceptors (Lipinski definition) is 1. The number of hydrogen-bond donors (Lipinski definition) is 0. The van der Waals surface area contributed by atoms with Gasteiger partial charge in [0.2, 0.25) is 0 Å². The van der Waals surface area contributed by atoms with Crippen LogP contribution in [-0.2, 0) is 6.18 Å². The van der Waals surface area contributed by atoms with Gasteiger partial charge < -0.3 is 0 Å². The molecular formula is C11H9F4N3. The lowest BCUT2D eigenvalue weighted by Gasteiger charge is -2.10. The van der Waals surface area contributed by atoms with Gasteiger partial charge in [0.25, 0.3) is 0 Å². The molecule has 0 N–H and O–H groups in total. The lowest BCUT2D eigenvalue weighted by Crippen LogP contribution is -2.10. The number of halogens is 4. The van der Waals surface area contributed by atoms with Crippen LogP contribution in [0.2, 0.25) is 0 Å². The molecule has 0 bridgehead atoms. The fourth-order valence-corrected chi connectivity index (χ4v) is 1.37. The van der Waals surface area contributed by atoms with E-state index in [4.69, 9.17) is 5.53 Å². The Morgan fingerprint density at radius 3 is 2.67 bits per heavy atom. The Bertz CT molecular complexity index is 488. The van der Waals surface area contributed by atoms with E-state index >= 15 is 0 Å². The van der Waals surface area contributed by atoms with E-state index in [-0.39, 0.29) is 18.5 Å². The van der Waals surface area contributed by atoms with Crippen molar-refractivity contribution >= 4 is 6.08 Å². The first-order chi connectivity index (χ1) is 8.46. The van der Waals surface area contributed by atoms with Gasteiger partial charge in [0, 0.05) is 11.5 Å². The summed E-state index contributed by atoms with van der Waals surface area (Å²) in [6, 6.07) is 3.15. The van der Waals surface area contributed by atoms with Crippen LogP contribution in [0.4, 0.5) is 17.6 Å². The molecule has 0 aliphatic heterocycles. The van der Waals surface area contributed by atoms with E-state index in [2.05, 4.69) is 10.0 Å². The van der Waals surface area contributed by atoms with E-state index in [0.717, 1.165) is 6.07 Å². The number of benzene rings is 1. The summed E-state index contributed by atoms with van der Waals surface area (Å²) in [6.07, 6.45) is -1.88. The summed E-state index contributed by atoms with van der Waals surface area (Å²) < 4.78 is 51.0. The lowest BCUT2D eigenvalue weighted by molar-refractivity contribution is -0.140. The average Bonchev–Trinajstić information content (AvgIpc) is 2.27. The van der Waals surface area contributed by atoms with E-state index in [1.807, 2.05) is 0 Å². The molecule has 0 aliphatic carbocycles. The van der Waals surface area contributed by atoms with Crippen LogP contribution in [0.3, 0.4) is 0 Å². The highest BCUT2D eigenvalue weighted by Crippen LogP contribution is 2.34. The predicted molar refractivity (Wildman–Crippen MR) is 59.1 cm³/mol. The molecule has 0 spiro atoms. The van der Waals surface area contributed by atoms with Crippen molar-refractivity contribution in [3.05, 3.63) is 51.7 Å². The van der Waals surface area contributed by atoms with Crippen LogP contribution in [-0.4, -0.2) is 6.54 Å². The number of azide groups is 1. The van der Waals surface area contributed by atoms with Gasteiger partial charge in [0.05, 0.1) is 5.56 Å². The zero-order valence-electron chi connectivity index (χ0n) is 9.15. The van der Waals surface area contributed by atoms with E-state index in [1.54, 1.807) is 0 Å². The molecule has 1 aromatic rings. The van der Waals surface area contributed by atoms with Gasteiger partial charge in [-0.1, -0.05) is 29.4 Å². The molecule has 0 aliphatic rings. The normalized spacial score (nSPS) is 11.6. The third-order valence-corrected chi connectivity index (χ3v) is 2.09. The first-order valence-electron chi connectivity index (χ1n) is 5.00. The predicted octanol–water partition coefficient (Wildman–Crippen LogP) is 4.56. The second-order valence-electron chi connectivity index (χ2n) is 3.35. The molecule has 3 nitrogen and oxygen atoms in total. The Morgan fingerprint density at radius 1 is 1.33 bits per heavy atom. The van der Waals surface area contributed by atoms with Gasteiger partial charge in [0.1, 0.15) is 5.82 Å². The Labute approximate surface area is 100 Å². The van der Waals surface area contributed by atoms with Crippen molar-refractivity contribution < 1.29 is 17.6 Å². The summed E-state index contributed by atoms with van der Waals surface area (Å²) in [5.41, 5.74) is 6.47. The van der Waals surface area contributed by atoms with Crippen molar-refractivity contribution in [2.75, 3.05) is 6.54 Å². The van der Waals surface area contributed by atoms with Crippen LogP contribution in [0, 0.1) is 5.82 Å². The van der Waals surface area contributed by atoms with E-state index in [0.29, 0.717) is 0 Å². The molecule has 1 rings (SSSR count). The summed E-state index contributed by atoms with van der Waals surface area (Å²) in [5, 5.41) is 3.22. The first-order valence-corrected chi connectivity index (χ1v) is 5.00. The monoisotopic (exact) mass is 259 g/mol. The van der Waals surface area contributed by atoms with Gasteiger partial charge in [-0.25, -0.2) is 4.39 Å². The highest BCUT2D eigenvalue weighted by atomic mass is 19.4. The molecule has 0 fully saturated rings. The molecule has 0 unspecified atom stereocenters.